The van der Waals surface area contributed by atoms with Crippen LogP contribution in [0.5, 0.6) is 11.5 Å². The Labute approximate surface area is 318 Å². The van der Waals surface area contributed by atoms with Gasteiger partial charge in [0.15, 0.2) is 5.88 Å². The summed E-state index contributed by atoms with van der Waals surface area (Å²) >= 11 is 0. The van der Waals surface area contributed by atoms with Crippen LogP contribution in [-0.2, 0) is 31.1 Å². The number of fused-ring (bicyclic) bond motifs is 7. The zero-order valence-corrected chi connectivity index (χ0v) is 31.4. The van der Waals surface area contributed by atoms with E-state index >= 15 is 0 Å². The molecule has 254 valence electrons. The van der Waals surface area contributed by atoms with Crippen LogP contribution in [0.4, 0.5) is 0 Å². The van der Waals surface area contributed by atoms with Gasteiger partial charge < -0.3 is 18.9 Å². The van der Waals surface area contributed by atoms with Crippen LogP contribution in [0.15, 0.2) is 137 Å². The number of hydrogen-bond acceptors (Lipinski definition) is 5. The summed E-state index contributed by atoms with van der Waals surface area (Å²) in [6.45, 7) is 8.56. The summed E-state index contributed by atoms with van der Waals surface area (Å²) < 4.78 is 15.0. The Kier molecular flexibility index (Phi) is 8.55. The van der Waals surface area contributed by atoms with Crippen molar-refractivity contribution in [2.24, 2.45) is 9.90 Å². The maximum absolute atomic E-state index is 6.54. The average Bonchev–Trinajstić information content (AvgIpc) is 3.47. The third-order valence-corrected chi connectivity index (χ3v) is 9.47. The third-order valence-electron chi connectivity index (χ3n) is 9.47. The summed E-state index contributed by atoms with van der Waals surface area (Å²) in [5.41, 5.74) is 9.69. The number of hydrogen-bond donors (Lipinski definition) is 0. The molecule has 0 fully saturated rings. The molecule has 0 unspecified atom stereocenters. The van der Waals surface area contributed by atoms with Crippen LogP contribution in [0.1, 0.15) is 43.0 Å². The van der Waals surface area contributed by atoms with Gasteiger partial charge in [0.1, 0.15) is 5.82 Å². The number of aromatic nitrogens is 2. The molecule has 6 nitrogen and oxygen atoms in total. The third kappa shape index (κ3) is 5.89. The molecule has 0 atom stereocenters. The van der Waals surface area contributed by atoms with E-state index in [9.17, 15) is 0 Å². The Morgan fingerprint density at radius 1 is 0.731 bits per heavy atom. The van der Waals surface area contributed by atoms with E-state index < -0.39 is 0 Å². The van der Waals surface area contributed by atoms with Crippen molar-refractivity contribution in [2.75, 3.05) is 0 Å². The van der Waals surface area contributed by atoms with Crippen molar-refractivity contribution < 1.29 is 30.5 Å². The van der Waals surface area contributed by atoms with E-state index in [0.717, 1.165) is 66.7 Å². The molecule has 0 saturated heterocycles. The predicted molar refractivity (Wildman–Crippen MR) is 207 cm³/mol. The molecule has 0 bridgehead atoms. The number of nitrogens with zero attached hydrogens (tertiary/aromatic N) is 4. The quantitative estimate of drug-likeness (QED) is 0.131. The van der Waals surface area contributed by atoms with Gasteiger partial charge in [-0.25, -0.2) is 4.98 Å². The first kappa shape index (κ1) is 33.6. The monoisotopic (exact) mass is 855 g/mol. The molecule has 9 rings (SSSR count). The number of benzene rings is 5. The molecule has 0 aliphatic carbocycles. The minimum atomic E-state index is -0.346. The van der Waals surface area contributed by atoms with E-state index in [4.69, 9.17) is 19.4 Å². The van der Waals surface area contributed by atoms with Crippen molar-refractivity contribution in [1.82, 2.24) is 9.55 Å². The second kappa shape index (κ2) is 13.2. The normalized spacial score (nSPS) is 14.7. The van der Waals surface area contributed by atoms with Gasteiger partial charge in [0.2, 0.25) is 0 Å². The minimum Gasteiger partial charge on any atom is -0.526 e. The fourth-order valence-electron chi connectivity index (χ4n) is 6.95. The number of allylic oxidation sites excluding steroid dienone is 1. The maximum Gasteiger partial charge on any atom is 2.00 e. The van der Waals surface area contributed by atoms with Crippen molar-refractivity contribution in [3.05, 3.63) is 162 Å². The minimum absolute atomic E-state index is 0. The van der Waals surface area contributed by atoms with Crippen LogP contribution >= 0.6 is 0 Å². The molecule has 0 spiro atoms. The summed E-state index contributed by atoms with van der Waals surface area (Å²) in [5, 5.41) is 2.21. The summed E-state index contributed by atoms with van der Waals surface area (Å²) in [7, 11) is -0.346. The predicted octanol–water partition coefficient (Wildman–Crippen LogP) is 10.3. The van der Waals surface area contributed by atoms with E-state index in [2.05, 4.69) is 121 Å². The first-order chi connectivity index (χ1) is 24.8. The van der Waals surface area contributed by atoms with Crippen molar-refractivity contribution in [3.63, 3.8) is 0 Å². The van der Waals surface area contributed by atoms with Gasteiger partial charge in [-0.05, 0) is 69.4 Å². The number of para-hydroxylation sites is 1. The van der Waals surface area contributed by atoms with Gasteiger partial charge in [-0.15, -0.1) is 41.3 Å². The van der Waals surface area contributed by atoms with Gasteiger partial charge in [0.25, 0.3) is 0 Å². The van der Waals surface area contributed by atoms with Crippen molar-refractivity contribution in [3.8, 4) is 28.4 Å². The van der Waals surface area contributed by atoms with Gasteiger partial charge in [-0.3, -0.25) is 4.99 Å². The van der Waals surface area contributed by atoms with Gasteiger partial charge in [-0.1, -0.05) is 99.1 Å². The van der Waals surface area contributed by atoms with Crippen LogP contribution in [0, 0.1) is 12.1 Å². The molecule has 2 aliphatic heterocycles. The molecular weight excluding hydrogens is 822 g/mol. The maximum atomic E-state index is 6.54. The van der Waals surface area contributed by atoms with Crippen molar-refractivity contribution in [1.29, 1.82) is 0 Å². The molecule has 2 aliphatic rings. The number of aliphatic imine (C=N–C) groups is 1. The average molecular weight is 856 g/mol. The molecule has 4 heterocycles. The van der Waals surface area contributed by atoms with Crippen LogP contribution in [0.2, 0.25) is 6.82 Å². The molecule has 8 heteroatoms. The molecule has 0 N–H and O–H groups in total. The molecule has 0 saturated carbocycles. The summed E-state index contributed by atoms with van der Waals surface area (Å²) in [6.07, 6.45) is 3.76. The number of rotatable bonds is 4. The molecule has 0 amide bonds. The Bertz CT molecular complexity index is 2620. The summed E-state index contributed by atoms with van der Waals surface area (Å²) in [5.74, 6) is 2.50. The van der Waals surface area contributed by atoms with Crippen molar-refractivity contribution in [2.45, 2.75) is 33.0 Å². The van der Waals surface area contributed by atoms with Crippen LogP contribution in [0.3, 0.4) is 0 Å². The van der Waals surface area contributed by atoms with Gasteiger partial charge in [0.05, 0.1) is 5.57 Å². The molecular formula is C44H33BN4O2Pt. The first-order valence-electron chi connectivity index (χ1n) is 17.2. The molecule has 2 aromatic heterocycles. The smallest absolute Gasteiger partial charge is 0.526 e. The van der Waals surface area contributed by atoms with E-state index in [1.165, 1.54) is 5.56 Å². The van der Waals surface area contributed by atoms with Crippen LogP contribution < -0.4 is 4.74 Å². The largest absolute Gasteiger partial charge is 2.00 e. The SMILES string of the molecule is CB1N=CC2=C(/N=C(/c3[c-]c(Oc4[c-]c5c(cc4)c4ccccc4n5-c4cc(C(C)(C)C)ccn4)ccc3)c3ccccc3-c3ccccc32)O1.[Pt+2]. The fourth-order valence-corrected chi connectivity index (χ4v) is 6.95. The molecule has 52 heavy (non-hydrogen) atoms. The van der Waals surface area contributed by atoms with E-state index in [1.54, 1.807) is 0 Å². The Morgan fingerprint density at radius 2 is 1.44 bits per heavy atom. The summed E-state index contributed by atoms with van der Waals surface area (Å²) in [4.78, 5) is 14.6. The Morgan fingerprint density at radius 3 is 2.25 bits per heavy atom. The van der Waals surface area contributed by atoms with Gasteiger partial charge >= 0.3 is 28.1 Å². The standard InChI is InChI=1S/C44H33BN4O2.Pt/c1-44(2,3)29-22-23-46-41(25-29)49-39-19-10-9-17-35(39)36-21-20-31(26-40(36)49)50-30-13-11-12-28(24-30)42-37-18-8-7-15-33(37)32-14-5-6-16-34(32)38-27-47-45(4)51-43(38)48-42;/h5-23,25,27H,1-4H3;/q-2;+2/b33-32?,38-34?,42-37?,48-42-,48-43?;. The Balaban J connectivity index is 0.00000387. The zero-order valence-electron chi connectivity index (χ0n) is 29.1. The van der Waals surface area contributed by atoms with Crippen LogP contribution in [-0.4, -0.2) is 28.5 Å². The van der Waals surface area contributed by atoms with E-state index in [1.807, 2.05) is 55.6 Å². The zero-order chi connectivity index (χ0) is 34.7. The fraction of sp³-hybridized carbons (Fsp3) is 0.114. The van der Waals surface area contributed by atoms with Crippen molar-refractivity contribution >= 4 is 46.4 Å². The molecule has 7 aromatic rings. The second-order valence-electron chi connectivity index (χ2n) is 13.9. The molecule has 5 aromatic carbocycles. The second-order valence-corrected chi connectivity index (χ2v) is 13.9. The van der Waals surface area contributed by atoms with Gasteiger partial charge in [0, 0.05) is 29.4 Å². The van der Waals surface area contributed by atoms with E-state index in [-0.39, 0.29) is 33.5 Å². The number of ether oxygens (including phenoxy) is 1. The summed E-state index contributed by atoms with van der Waals surface area (Å²) in [6, 6.07) is 46.4. The topological polar surface area (TPSA) is 61.0 Å². The molecule has 0 radical (unpaired) electrons. The van der Waals surface area contributed by atoms with Crippen LogP contribution in [0.25, 0.3) is 44.3 Å². The van der Waals surface area contributed by atoms with Gasteiger partial charge in [-0.2, -0.15) is 6.07 Å². The van der Waals surface area contributed by atoms with E-state index in [0.29, 0.717) is 17.4 Å². The number of pyridine rings is 1. The first-order valence-corrected chi connectivity index (χ1v) is 17.2. The Hall–Kier alpha value is -5.52.